The molecule has 0 radical (unpaired) electrons. The highest BCUT2D eigenvalue weighted by molar-refractivity contribution is 6.30. The molecule has 1 fully saturated rings. The van der Waals surface area contributed by atoms with Crippen LogP contribution in [0.25, 0.3) is 0 Å². The number of ether oxygens (including phenoxy) is 2. The molecule has 0 aromatic heterocycles. The van der Waals surface area contributed by atoms with Crippen LogP contribution < -0.4 is 0 Å². The van der Waals surface area contributed by atoms with Crippen LogP contribution in [0.3, 0.4) is 0 Å². The molecule has 3 nitrogen and oxygen atoms in total. The second-order valence-corrected chi connectivity index (χ2v) is 4.63. The zero-order chi connectivity index (χ0) is 12.1. The molecule has 4 heteroatoms. The fraction of sp³-hybridized carbons (Fsp3) is 0.538. The lowest BCUT2D eigenvalue weighted by Gasteiger charge is -2.11. The first-order valence-electron chi connectivity index (χ1n) is 5.93. The molecule has 0 amide bonds. The first kappa shape index (κ1) is 12.8. The van der Waals surface area contributed by atoms with Gasteiger partial charge < -0.3 is 14.6 Å². The molecule has 0 unspecified atom stereocenters. The van der Waals surface area contributed by atoms with Crippen molar-refractivity contribution in [3.63, 3.8) is 0 Å². The van der Waals surface area contributed by atoms with Crippen LogP contribution >= 0.6 is 11.6 Å². The molecule has 1 aromatic rings. The first-order valence-corrected chi connectivity index (χ1v) is 6.31. The monoisotopic (exact) mass is 256 g/mol. The number of hydrogen-bond donors (Lipinski definition) is 1. The number of aliphatic hydroxyl groups is 1. The maximum atomic E-state index is 8.71. The van der Waals surface area contributed by atoms with Gasteiger partial charge in [-0.25, -0.2) is 0 Å². The van der Waals surface area contributed by atoms with E-state index in [4.69, 9.17) is 26.2 Å². The Labute approximate surface area is 106 Å². The second-order valence-electron chi connectivity index (χ2n) is 4.19. The third-order valence-corrected chi connectivity index (χ3v) is 3.08. The smallest absolute Gasteiger partial charge is 0.184 e. The van der Waals surface area contributed by atoms with Crippen LogP contribution in [0.15, 0.2) is 24.3 Å². The Morgan fingerprint density at radius 1 is 1.24 bits per heavy atom. The standard InChI is InChI=1S/C13H17ClO3/c14-11-6-4-10(5-7-11)13-16-9-12(17-13)3-1-2-8-15/h4-7,12-13,15H,1-3,8-9H2/t12-,13+/m0/s1. The van der Waals surface area contributed by atoms with Crippen molar-refractivity contribution in [2.75, 3.05) is 13.2 Å². The highest BCUT2D eigenvalue weighted by Gasteiger charge is 2.26. The van der Waals surface area contributed by atoms with Crippen LogP contribution in [0.4, 0.5) is 0 Å². The number of rotatable bonds is 5. The predicted molar refractivity (Wildman–Crippen MR) is 66.0 cm³/mol. The van der Waals surface area contributed by atoms with Crippen molar-refractivity contribution in [2.24, 2.45) is 0 Å². The largest absolute Gasteiger partial charge is 0.396 e. The topological polar surface area (TPSA) is 38.7 Å². The molecule has 0 saturated carbocycles. The summed E-state index contributed by atoms with van der Waals surface area (Å²) in [5.74, 6) is 0. The van der Waals surface area contributed by atoms with E-state index in [1.807, 2.05) is 24.3 Å². The predicted octanol–water partition coefficient (Wildman–Crippen LogP) is 2.92. The van der Waals surface area contributed by atoms with Crippen molar-refractivity contribution in [3.05, 3.63) is 34.9 Å². The highest BCUT2D eigenvalue weighted by atomic mass is 35.5. The zero-order valence-corrected chi connectivity index (χ0v) is 10.4. The van der Waals surface area contributed by atoms with Gasteiger partial charge in [-0.1, -0.05) is 23.7 Å². The summed E-state index contributed by atoms with van der Waals surface area (Å²) < 4.78 is 11.4. The molecule has 0 aliphatic carbocycles. The molecule has 1 aliphatic rings. The molecular formula is C13H17ClO3. The maximum absolute atomic E-state index is 8.71. The van der Waals surface area contributed by atoms with E-state index in [1.54, 1.807) is 0 Å². The molecule has 17 heavy (non-hydrogen) atoms. The lowest BCUT2D eigenvalue weighted by atomic mass is 10.2. The Kier molecular flexibility index (Phi) is 4.80. The van der Waals surface area contributed by atoms with Crippen LogP contribution in [0.5, 0.6) is 0 Å². The molecule has 1 N–H and O–H groups in total. The molecule has 1 saturated heterocycles. The summed E-state index contributed by atoms with van der Waals surface area (Å²) in [7, 11) is 0. The average Bonchev–Trinajstić information content (AvgIpc) is 2.79. The SMILES string of the molecule is OCCCC[C@H]1CO[C@@H](c2ccc(Cl)cc2)O1. The third kappa shape index (κ3) is 3.68. The maximum Gasteiger partial charge on any atom is 0.184 e. The number of benzene rings is 1. The summed E-state index contributed by atoms with van der Waals surface area (Å²) in [5, 5.41) is 9.43. The number of halogens is 1. The van der Waals surface area contributed by atoms with E-state index in [1.165, 1.54) is 0 Å². The van der Waals surface area contributed by atoms with E-state index in [-0.39, 0.29) is 19.0 Å². The number of hydrogen-bond acceptors (Lipinski definition) is 3. The Balaban J connectivity index is 1.83. The lowest BCUT2D eigenvalue weighted by molar-refractivity contribution is -0.0614. The molecule has 0 bridgehead atoms. The molecule has 2 atom stereocenters. The van der Waals surface area contributed by atoms with E-state index < -0.39 is 0 Å². The lowest BCUT2D eigenvalue weighted by Crippen LogP contribution is -2.09. The van der Waals surface area contributed by atoms with Gasteiger partial charge in [0.15, 0.2) is 6.29 Å². The minimum absolute atomic E-state index is 0.141. The van der Waals surface area contributed by atoms with E-state index in [0.717, 1.165) is 24.8 Å². The highest BCUT2D eigenvalue weighted by Crippen LogP contribution is 2.29. The molecule has 1 heterocycles. The fourth-order valence-corrected chi connectivity index (χ4v) is 2.00. The van der Waals surface area contributed by atoms with Gasteiger partial charge in [0.2, 0.25) is 0 Å². The van der Waals surface area contributed by atoms with Crippen molar-refractivity contribution in [2.45, 2.75) is 31.7 Å². The normalized spacial score (nSPS) is 24.1. The van der Waals surface area contributed by atoms with Gasteiger partial charge in [-0.15, -0.1) is 0 Å². The molecule has 0 spiro atoms. The van der Waals surface area contributed by atoms with Gasteiger partial charge in [0.05, 0.1) is 12.7 Å². The summed E-state index contributed by atoms with van der Waals surface area (Å²) in [6, 6.07) is 7.51. The van der Waals surface area contributed by atoms with Gasteiger partial charge in [0.25, 0.3) is 0 Å². The van der Waals surface area contributed by atoms with E-state index in [9.17, 15) is 0 Å². The summed E-state index contributed by atoms with van der Waals surface area (Å²) in [5.41, 5.74) is 0.999. The fourth-order valence-electron chi connectivity index (χ4n) is 1.88. The summed E-state index contributed by atoms with van der Waals surface area (Å²) in [6.45, 7) is 0.868. The quantitative estimate of drug-likeness (QED) is 0.824. The Morgan fingerprint density at radius 2 is 2.00 bits per heavy atom. The van der Waals surface area contributed by atoms with Gasteiger partial charge >= 0.3 is 0 Å². The second kappa shape index (κ2) is 6.36. The van der Waals surface area contributed by atoms with Crippen LogP contribution in [-0.4, -0.2) is 24.4 Å². The van der Waals surface area contributed by atoms with Gasteiger partial charge in [-0.2, -0.15) is 0 Å². The van der Waals surface area contributed by atoms with Crippen molar-refractivity contribution in [1.82, 2.24) is 0 Å². The molecule has 94 valence electrons. The number of aliphatic hydroxyl groups excluding tert-OH is 1. The van der Waals surface area contributed by atoms with Crippen molar-refractivity contribution >= 4 is 11.6 Å². The molecule has 1 aliphatic heterocycles. The molecular weight excluding hydrogens is 240 g/mol. The van der Waals surface area contributed by atoms with Crippen molar-refractivity contribution in [3.8, 4) is 0 Å². The van der Waals surface area contributed by atoms with Gasteiger partial charge in [-0.05, 0) is 31.4 Å². The van der Waals surface area contributed by atoms with E-state index in [2.05, 4.69) is 0 Å². The van der Waals surface area contributed by atoms with Crippen molar-refractivity contribution in [1.29, 1.82) is 0 Å². The van der Waals surface area contributed by atoms with Crippen LogP contribution in [-0.2, 0) is 9.47 Å². The van der Waals surface area contributed by atoms with Gasteiger partial charge in [0, 0.05) is 17.2 Å². The van der Waals surface area contributed by atoms with Crippen molar-refractivity contribution < 1.29 is 14.6 Å². The Hall–Kier alpha value is -0.610. The molecule has 1 aromatic carbocycles. The van der Waals surface area contributed by atoms with E-state index in [0.29, 0.717) is 11.6 Å². The van der Waals surface area contributed by atoms with Gasteiger partial charge in [-0.3, -0.25) is 0 Å². The van der Waals surface area contributed by atoms with Crippen LogP contribution in [0, 0.1) is 0 Å². The minimum Gasteiger partial charge on any atom is -0.396 e. The molecule has 2 rings (SSSR count). The summed E-state index contributed by atoms with van der Waals surface area (Å²) >= 11 is 5.83. The van der Waals surface area contributed by atoms with Gasteiger partial charge in [0.1, 0.15) is 0 Å². The first-order chi connectivity index (χ1) is 8.29. The Morgan fingerprint density at radius 3 is 2.71 bits per heavy atom. The third-order valence-electron chi connectivity index (χ3n) is 2.83. The minimum atomic E-state index is -0.272. The average molecular weight is 257 g/mol. The summed E-state index contributed by atoms with van der Waals surface area (Å²) in [6.07, 6.45) is 2.60. The van der Waals surface area contributed by atoms with Crippen LogP contribution in [0.2, 0.25) is 5.02 Å². The summed E-state index contributed by atoms with van der Waals surface area (Å²) in [4.78, 5) is 0. The number of unbranched alkanes of at least 4 members (excludes halogenated alkanes) is 1. The Bertz CT molecular complexity index is 339. The van der Waals surface area contributed by atoms with E-state index >= 15 is 0 Å². The van der Waals surface area contributed by atoms with Crippen LogP contribution in [0.1, 0.15) is 31.1 Å². The zero-order valence-electron chi connectivity index (χ0n) is 9.64.